The van der Waals surface area contributed by atoms with E-state index in [2.05, 4.69) is 13.8 Å². The predicted molar refractivity (Wildman–Crippen MR) is 69.6 cm³/mol. The fraction of sp³-hybridized carbons (Fsp3) is 0.867. The van der Waals surface area contributed by atoms with Gasteiger partial charge >= 0.3 is 0 Å². The van der Waals surface area contributed by atoms with Gasteiger partial charge in [-0.2, -0.15) is 0 Å². The Morgan fingerprint density at radius 3 is 2.65 bits per heavy atom. The molecule has 2 nitrogen and oxygen atoms in total. The monoisotopic (exact) mass is 238 g/mol. The molecule has 0 amide bonds. The van der Waals surface area contributed by atoms with Gasteiger partial charge in [-0.15, -0.1) is 0 Å². The lowest BCUT2D eigenvalue weighted by Gasteiger charge is -2.33. The van der Waals surface area contributed by atoms with E-state index in [1.165, 1.54) is 12.8 Å². The van der Waals surface area contributed by atoms with Gasteiger partial charge in [0.05, 0.1) is 12.2 Å². The molecule has 2 N–H and O–H groups in total. The average molecular weight is 238 g/mol. The van der Waals surface area contributed by atoms with Gasteiger partial charge in [0.15, 0.2) is 0 Å². The van der Waals surface area contributed by atoms with Gasteiger partial charge in [0.2, 0.25) is 0 Å². The lowest BCUT2D eigenvalue weighted by molar-refractivity contribution is -0.0554. The van der Waals surface area contributed by atoms with Crippen molar-refractivity contribution in [3.63, 3.8) is 0 Å². The van der Waals surface area contributed by atoms with Gasteiger partial charge in [0, 0.05) is 0 Å². The van der Waals surface area contributed by atoms with Crippen molar-refractivity contribution in [2.24, 2.45) is 17.8 Å². The van der Waals surface area contributed by atoms with Gasteiger partial charge < -0.3 is 10.2 Å². The second-order valence-electron chi connectivity index (χ2n) is 6.41. The summed E-state index contributed by atoms with van der Waals surface area (Å²) in [6.07, 6.45) is 5.73. The van der Waals surface area contributed by atoms with Crippen LogP contribution in [0.2, 0.25) is 0 Å². The van der Waals surface area contributed by atoms with Crippen LogP contribution in [-0.4, -0.2) is 22.4 Å². The molecule has 0 radical (unpaired) electrons. The SMILES string of the molecule is CC1=C2CC[C@@H](C)[C@H]2C[C@@H]([C@](C)(O)CO)CC1. The van der Waals surface area contributed by atoms with E-state index in [-0.39, 0.29) is 12.5 Å². The zero-order valence-corrected chi connectivity index (χ0v) is 11.4. The maximum Gasteiger partial charge on any atom is 0.0877 e. The Labute approximate surface area is 105 Å². The quantitative estimate of drug-likeness (QED) is 0.726. The highest BCUT2D eigenvalue weighted by atomic mass is 16.3. The highest BCUT2D eigenvalue weighted by molar-refractivity contribution is 5.22. The molecule has 1 saturated carbocycles. The van der Waals surface area contributed by atoms with Crippen molar-refractivity contribution < 1.29 is 10.2 Å². The topological polar surface area (TPSA) is 40.5 Å². The van der Waals surface area contributed by atoms with Crippen molar-refractivity contribution in [1.82, 2.24) is 0 Å². The molecule has 0 aromatic carbocycles. The molecular formula is C15H26O2. The van der Waals surface area contributed by atoms with Crippen molar-refractivity contribution in [2.75, 3.05) is 6.61 Å². The van der Waals surface area contributed by atoms with Crippen molar-refractivity contribution in [2.45, 2.75) is 58.5 Å². The van der Waals surface area contributed by atoms with Crippen LogP contribution in [0.1, 0.15) is 52.9 Å². The van der Waals surface area contributed by atoms with Gasteiger partial charge in [0.1, 0.15) is 0 Å². The van der Waals surface area contributed by atoms with E-state index in [4.69, 9.17) is 0 Å². The highest BCUT2D eigenvalue weighted by Gasteiger charge is 2.39. The summed E-state index contributed by atoms with van der Waals surface area (Å²) >= 11 is 0. The third-order valence-electron chi connectivity index (χ3n) is 5.16. The van der Waals surface area contributed by atoms with Gasteiger partial charge in [-0.25, -0.2) is 0 Å². The normalized spacial score (nSPS) is 37.6. The molecule has 0 aromatic rings. The Kier molecular flexibility index (Phi) is 3.65. The van der Waals surface area contributed by atoms with E-state index in [0.717, 1.165) is 25.2 Å². The number of fused-ring (bicyclic) bond motifs is 1. The van der Waals surface area contributed by atoms with Crippen molar-refractivity contribution in [3.05, 3.63) is 11.1 Å². The lowest BCUT2D eigenvalue weighted by atomic mass is 9.78. The Hall–Kier alpha value is -0.340. The summed E-state index contributed by atoms with van der Waals surface area (Å²) in [4.78, 5) is 0. The summed E-state index contributed by atoms with van der Waals surface area (Å²) in [6.45, 7) is 6.27. The van der Waals surface area contributed by atoms with Crippen LogP contribution in [0.5, 0.6) is 0 Å². The smallest absolute Gasteiger partial charge is 0.0877 e. The number of hydrogen-bond donors (Lipinski definition) is 2. The Bertz CT molecular complexity index is 317. The van der Waals surface area contributed by atoms with Gasteiger partial charge in [-0.3, -0.25) is 0 Å². The number of rotatable bonds is 2. The van der Waals surface area contributed by atoms with Gasteiger partial charge in [-0.05, 0) is 63.7 Å². The van der Waals surface area contributed by atoms with Crippen LogP contribution in [0.4, 0.5) is 0 Å². The molecular weight excluding hydrogens is 212 g/mol. The summed E-state index contributed by atoms with van der Waals surface area (Å²) in [5.74, 6) is 1.64. The molecule has 2 aliphatic carbocycles. The molecule has 0 bridgehead atoms. The lowest BCUT2D eigenvalue weighted by Crippen LogP contribution is -2.39. The standard InChI is InChI=1S/C15H26O2/c1-10-4-6-12(15(3,17)9-16)8-14-11(2)5-7-13(10)14/h11-12,14,16-17H,4-9H2,1-3H3/t11-,12+,14-,15-/m1/s1. The van der Waals surface area contributed by atoms with Crippen LogP contribution in [0.3, 0.4) is 0 Å². The third kappa shape index (κ3) is 2.43. The van der Waals surface area contributed by atoms with E-state index >= 15 is 0 Å². The first-order chi connectivity index (χ1) is 7.95. The number of hydrogen-bond acceptors (Lipinski definition) is 2. The first-order valence-corrected chi connectivity index (χ1v) is 6.97. The fourth-order valence-corrected chi connectivity index (χ4v) is 3.69. The molecule has 0 aliphatic heterocycles. The summed E-state index contributed by atoms with van der Waals surface area (Å²) < 4.78 is 0. The average Bonchev–Trinajstić information content (AvgIpc) is 2.55. The van der Waals surface area contributed by atoms with Crippen LogP contribution in [0.25, 0.3) is 0 Å². The Morgan fingerprint density at radius 2 is 2.00 bits per heavy atom. The van der Waals surface area contributed by atoms with Crippen molar-refractivity contribution >= 4 is 0 Å². The highest BCUT2D eigenvalue weighted by Crippen LogP contribution is 2.47. The van der Waals surface area contributed by atoms with E-state index in [1.54, 1.807) is 18.1 Å². The first-order valence-electron chi connectivity index (χ1n) is 6.97. The second kappa shape index (κ2) is 4.74. The predicted octanol–water partition coefficient (Wildman–Crippen LogP) is 2.89. The van der Waals surface area contributed by atoms with Crippen LogP contribution in [-0.2, 0) is 0 Å². The minimum atomic E-state index is -0.905. The zero-order chi connectivity index (χ0) is 12.6. The van der Waals surface area contributed by atoms with E-state index in [0.29, 0.717) is 5.92 Å². The van der Waals surface area contributed by atoms with Gasteiger partial charge in [0.25, 0.3) is 0 Å². The van der Waals surface area contributed by atoms with Gasteiger partial charge in [-0.1, -0.05) is 18.1 Å². The van der Waals surface area contributed by atoms with Crippen LogP contribution in [0.15, 0.2) is 11.1 Å². The molecule has 2 aliphatic rings. The Balaban J connectivity index is 2.19. The van der Waals surface area contributed by atoms with Crippen LogP contribution >= 0.6 is 0 Å². The summed E-state index contributed by atoms with van der Waals surface area (Å²) in [5, 5.41) is 19.6. The van der Waals surface area contributed by atoms with Crippen molar-refractivity contribution in [1.29, 1.82) is 0 Å². The zero-order valence-electron chi connectivity index (χ0n) is 11.4. The molecule has 0 unspecified atom stereocenters. The fourth-order valence-electron chi connectivity index (χ4n) is 3.69. The summed E-state index contributed by atoms with van der Waals surface area (Å²) in [6, 6.07) is 0. The number of aliphatic hydroxyl groups is 2. The second-order valence-corrected chi connectivity index (χ2v) is 6.41. The molecule has 4 atom stereocenters. The molecule has 0 heterocycles. The van der Waals surface area contributed by atoms with Crippen LogP contribution in [0, 0.1) is 17.8 Å². The minimum absolute atomic E-state index is 0.118. The number of allylic oxidation sites excluding steroid dienone is 2. The first kappa shape index (κ1) is 13.1. The molecule has 17 heavy (non-hydrogen) atoms. The summed E-state index contributed by atoms with van der Waals surface area (Å²) in [5.41, 5.74) is 2.31. The Morgan fingerprint density at radius 1 is 1.29 bits per heavy atom. The molecule has 98 valence electrons. The minimum Gasteiger partial charge on any atom is -0.393 e. The molecule has 0 saturated heterocycles. The van der Waals surface area contributed by atoms with E-state index < -0.39 is 5.60 Å². The number of aliphatic hydroxyl groups excluding tert-OH is 1. The molecule has 2 heteroatoms. The largest absolute Gasteiger partial charge is 0.393 e. The van der Waals surface area contributed by atoms with Crippen molar-refractivity contribution in [3.8, 4) is 0 Å². The van der Waals surface area contributed by atoms with E-state index in [9.17, 15) is 10.2 Å². The third-order valence-corrected chi connectivity index (χ3v) is 5.16. The molecule has 1 fully saturated rings. The summed E-state index contributed by atoms with van der Waals surface area (Å²) in [7, 11) is 0. The van der Waals surface area contributed by atoms with E-state index in [1.807, 2.05) is 0 Å². The molecule has 2 rings (SSSR count). The maximum atomic E-state index is 10.3. The molecule has 0 spiro atoms. The maximum absolute atomic E-state index is 10.3. The molecule has 0 aromatic heterocycles. The van der Waals surface area contributed by atoms with Crippen LogP contribution < -0.4 is 0 Å².